The molecule has 5 nitrogen and oxygen atoms in total. The third-order valence-corrected chi connectivity index (χ3v) is 3.83. The van der Waals surface area contributed by atoms with E-state index in [1.807, 2.05) is 6.07 Å². The van der Waals surface area contributed by atoms with E-state index in [-0.39, 0.29) is 12.7 Å². The molecule has 2 aliphatic rings. The van der Waals surface area contributed by atoms with Crippen molar-refractivity contribution in [1.82, 2.24) is 0 Å². The highest BCUT2D eigenvalue weighted by Gasteiger charge is 2.61. The van der Waals surface area contributed by atoms with Crippen molar-refractivity contribution in [2.45, 2.75) is 23.9 Å². The predicted octanol–water partition coefficient (Wildman–Crippen LogP) is 0.927. The van der Waals surface area contributed by atoms with Gasteiger partial charge in [0.1, 0.15) is 12.2 Å². The van der Waals surface area contributed by atoms with Gasteiger partial charge in [-0.05, 0) is 18.2 Å². The van der Waals surface area contributed by atoms with Gasteiger partial charge in [-0.15, -0.1) is 0 Å². The highest BCUT2D eigenvalue weighted by atomic mass is 16.7. The van der Waals surface area contributed by atoms with Crippen LogP contribution in [0, 0.1) is 0 Å². The maximum Gasteiger partial charge on any atom is 0.338 e. The summed E-state index contributed by atoms with van der Waals surface area (Å²) in [7, 11) is 0. The molecule has 2 fully saturated rings. The summed E-state index contributed by atoms with van der Waals surface area (Å²) in [6.07, 6.45) is -0.444. The summed E-state index contributed by atoms with van der Waals surface area (Å²) in [6, 6.07) is 8.67. The van der Waals surface area contributed by atoms with E-state index >= 15 is 0 Å². The van der Waals surface area contributed by atoms with Crippen LogP contribution in [-0.2, 0) is 14.2 Å². The Balaban J connectivity index is 1.78. The lowest BCUT2D eigenvalue weighted by molar-refractivity contribution is -0.145. The van der Waals surface area contributed by atoms with Gasteiger partial charge in [-0.2, -0.15) is 0 Å². The van der Waals surface area contributed by atoms with Crippen molar-refractivity contribution < 1.29 is 24.1 Å². The average Bonchev–Trinajstić information content (AvgIpc) is 2.99. The standard InChI is InChI=1S/C15H16O5/c1-2-12(15-9-18-11(8-19-15)13(15)16)20-14(17)10-6-4-3-5-7-10/h2-7,11-13,16H,1,8-9H2/t11-,12-,13-,15+/m0/s1. The first kappa shape index (κ1) is 13.3. The van der Waals surface area contributed by atoms with Crippen LogP contribution >= 0.6 is 0 Å². The minimum absolute atomic E-state index is 0.192. The molecule has 0 unspecified atom stereocenters. The summed E-state index contributed by atoms with van der Waals surface area (Å²) in [4.78, 5) is 12.1. The van der Waals surface area contributed by atoms with Crippen molar-refractivity contribution in [3.8, 4) is 0 Å². The molecule has 1 aromatic rings. The summed E-state index contributed by atoms with van der Waals surface area (Å²) < 4.78 is 16.5. The number of esters is 1. The van der Waals surface area contributed by atoms with Gasteiger partial charge in [0.2, 0.25) is 0 Å². The SMILES string of the molecule is C=C[C@H](OC(=O)c1ccccc1)[C@@]12CO[C@@H](CO1)[C@@H]2O. The fraction of sp³-hybridized carbons (Fsp3) is 0.400. The molecule has 3 rings (SSSR count). The number of carbonyl (C=O) groups excluding carboxylic acids is 1. The second-order valence-electron chi connectivity index (χ2n) is 4.99. The third kappa shape index (κ3) is 1.95. The van der Waals surface area contributed by atoms with Gasteiger partial charge in [-0.25, -0.2) is 4.79 Å². The summed E-state index contributed by atoms with van der Waals surface area (Å²) in [6.45, 7) is 4.17. The molecule has 0 aromatic heterocycles. The van der Waals surface area contributed by atoms with E-state index in [4.69, 9.17) is 14.2 Å². The van der Waals surface area contributed by atoms with Gasteiger partial charge in [0.15, 0.2) is 11.7 Å². The molecule has 0 saturated carbocycles. The number of aliphatic hydroxyl groups excluding tert-OH is 1. The Labute approximate surface area is 116 Å². The van der Waals surface area contributed by atoms with Gasteiger partial charge in [-0.3, -0.25) is 0 Å². The summed E-state index contributed by atoms with van der Waals surface area (Å²) in [5.41, 5.74) is -0.588. The number of carbonyl (C=O) groups is 1. The Hall–Kier alpha value is -1.69. The largest absolute Gasteiger partial charge is 0.451 e. The van der Waals surface area contributed by atoms with E-state index in [9.17, 15) is 9.90 Å². The van der Waals surface area contributed by atoms with E-state index in [1.165, 1.54) is 6.08 Å². The molecule has 2 saturated heterocycles. The number of benzene rings is 1. The quantitative estimate of drug-likeness (QED) is 0.654. The van der Waals surface area contributed by atoms with E-state index < -0.39 is 23.8 Å². The minimum atomic E-state index is -1.03. The molecule has 0 spiro atoms. The number of fused-ring (bicyclic) bond motifs is 2. The maximum absolute atomic E-state index is 12.1. The number of hydrogen-bond acceptors (Lipinski definition) is 5. The summed E-state index contributed by atoms with van der Waals surface area (Å²) in [5.74, 6) is -0.476. The van der Waals surface area contributed by atoms with Crippen molar-refractivity contribution in [3.63, 3.8) is 0 Å². The fourth-order valence-corrected chi connectivity index (χ4v) is 2.67. The number of aliphatic hydroxyl groups is 1. The first-order valence-corrected chi connectivity index (χ1v) is 6.49. The molecule has 2 aliphatic heterocycles. The number of rotatable bonds is 4. The molecule has 2 bridgehead atoms. The van der Waals surface area contributed by atoms with Crippen LogP contribution in [0.15, 0.2) is 43.0 Å². The monoisotopic (exact) mass is 276 g/mol. The van der Waals surface area contributed by atoms with Crippen LogP contribution in [0.4, 0.5) is 0 Å². The second kappa shape index (κ2) is 5.01. The van der Waals surface area contributed by atoms with Crippen LogP contribution < -0.4 is 0 Å². The van der Waals surface area contributed by atoms with E-state index in [2.05, 4.69) is 6.58 Å². The second-order valence-corrected chi connectivity index (χ2v) is 4.99. The van der Waals surface area contributed by atoms with Crippen molar-refractivity contribution in [3.05, 3.63) is 48.6 Å². The van der Waals surface area contributed by atoms with E-state index in [0.29, 0.717) is 12.2 Å². The lowest BCUT2D eigenvalue weighted by atomic mass is 9.92. The van der Waals surface area contributed by atoms with Crippen LogP contribution in [0.2, 0.25) is 0 Å². The molecule has 1 aromatic carbocycles. The minimum Gasteiger partial charge on any atom is -0.451 e. The van der Waals surface area contributed by atoms with Gasteiger partial charge in [0.05, 0.1) is 18.8 Å². The predicted molar refractivity (Wildman–Crippen MR) is 70.3 cm³/mol. The third-order valence-electron chi connectivity index (χ3n) is 3.83. The van der Waals surface area contributed by atoms with Crippen LogP contribution in [-0.4, -0.2) is 48.2 Å². The van der Waals surface area contributed by atoms with Gasteiger partial charge in [0, 0.05) is 0 Å². The summed E-state index contributed by atoms with van der Waals surface area (Å²) >= 11 is 0. The zero-order valence-electron chi connectivity index (χ0n) is 10.9. The fourth-order valence-electron chi connectivity index (χ4n) is 2.67. The molecular formula is C15H16O5. The van der Waals surface area contributed by atoms with Crippen molar-refractivity contribution in [1.29, 1.82) is 0 Å². The highest BCUT2D eigenvalue weighted by molar-refractivity contribution is 5.89. The molecule has 1 N–H and O–H groups in total. The Morgan fingerprint density at radius 1 is 1.50 bits per heavy atom. The van der Waals surface area contributed by atoms with Gasteiger partial charge in [0.25, 0.3) is 0 Å². The number of ether oxygens (including phenoxy) is 3. The molecule has 106 valence electrons. The molecule has 0 aliphatic carbocycles. The van der Waals surface area contributed by atoms with Crippen molar-refractivity contribution >= 4 is 5.97 Å². The Bertz CT molecular complexity index is 504. The van der Waals surface area contributed by atoms with Gasteiger partial charge in [-0.1, -0.05) is 24.8 Å². The van der Waals surface area contributed by atoms with Crippen molar-refractivity contribution in [2.75, 3.05) is 13.2 Å². The normalized spacial score (nSPS) is 32.9. The van der Waals surface area contributed by atoms with E-state index in [1.54, 1.807) is 24.3 Å². The van der Waals surface area contributed by atoms with Crippen molar-refractivity contribution in [2.24, 2.45) is 0 Å². The lowest BCUT2D eigenvalue weighted by Crippen LogP contribution is -2.51. The van der Waals surface area contributed by atoms with Crippen LogP contribution in [0.5, 0.6) is 0 Å². The molecule has 20 heavy (non-hydrogen) atoms. The van der Waals surface area contributed by atoms with E-state index in [0.717, 1.165) is 0 Å². The molecule has 5 heteroatoms. The average molecular weight is 276 g/mol. The first-order chi connectivity index (χ1) is 9.67. The summed E-state index contributed by atoms with van der Waals surface area (Å²) in [5, 5.41) is 10.2. The zero-order chi connectivity index (χ0) is 14.2. The topological polar surface area (TPSA) is 65.0 Å². The number of hydrogen-bond donors (Lipinski definition) is 1. The zero-order valence-corrected chi connectivity index (χ0v) is 10.9. The highest BCUT2D eigenvalue weighted by Crippen LogP contribution is 2.40. The first-order valence-electron chi connectivity index (χ1n) is 6.49. The Morgan fingerprint density at radius 2 is 2.25 bits per heavy atom. The maximum atomic E-state index is 12.1. The molecular weight excluding hydrogens is 260 g/mol. The molecule has 0 radical (unpaired) electrons. The Kier molecular flexibility index (Phi) is 3.33. The lowest BCUT2D eigenvalue weighted by Gasteiger charge is -2.33. The van der Waals surface area contributed by atoms with Crippen LogP contribution in [0.1, 0.15) is 10.4 Å². The van der Waals surface area contributed by atoms with Crippen LogP contribution in [0.25, 0.3) is 0 Å². The van der Waals surface area contributed by atoms with Gasteiger partial charge < -0.3 is 19.3 Å². The molecule has 0 amide bonds. The Morgan fingerprint density at radius 3 is 2.75 bits per heavy atom. The molecule has 2 heterocycles. The van der Waals surface area contributed by atoms with Crippen LogP contribution in [0.3, 0.4) is 0 Å². The smallest absolute Gasteiger partial charge is 0.338 e. The van der Waals surface area contributed by atoms with Gasteiger partial charge >= 0.3 is 5.97 Å². The molecule has 4 atom stereocenters.